The summed E-state index contributed by atoms with van der Waals surface area (Å²) in [6.45, 7) is 0.789. The predicted octanol–water partition coefficient (Wildman–Crippen LogP) is 2.31. The third-order valence-electron chi connectivity index (χ3n) is 2.53. The molecule has 1 aromatic heterocycles. The van der Waals surface area contributed by atoms with E-state index < -0.39 is 17.5 Å². The van der Waals surface area contributed by atoms with Gasteiger partial charge in [-0.05, 0) is 32.1 Å². The molecule has 2 aromatic rings. The Morgan fingerprint density at radius 1 is 1.21 bits per heavy atom. The van der Waals surface area contributed by atoms with E-state index in [1.807, 2.05) is 7.05 Å². The molecule has 0 aliphatic carbocycles. The first kappa shape index (κ1) is 13.5. The van der Waals surface area contributed by atoms with Crippen LogP contribution in [0.1, 0.15) is 12.3 Å². The summed E-state index contributed by atoms with van der Waals surface area (Å²) in [4.78, 5) is 4.00. The first-order valence-electron chi connectivity index (χ1n) is 5.74. The minimum atomic E-state index is -1.51. The Bertz CT molecular complexity index is 548. The molecule has 0 amide bonds. The van der Waals surface area contributed by atoms with E-state index >= 15 is 0 Å². The van der Waals surface area contributed by atoms with Gasteiger partial charge in [0, 0.05) is 12.0 Å². The number of nitrogens with one attached hydrogen (secondary N) is 1. The third kappa shape index (κ3) is 3.11. The van der Waals surface area contributed by atoms with Gasteiger partial charge in [0.15, 0.2) is 17.5 Å². The first-order chi connectivity index (χ1) is 9.11. The number of nitrogens with zero attached hydrogens (tertiary/aromatic N) is 2. The van der Waals surface area contributed by atoms with E-state index in [0.29, 0.717) is 12.3 Å². The smallest absolute Gasteiger partial charge is 0.227 e. The SMILES string of the molecule is CNCCCc1nc(-c2cc(F)c(F)c(F)c2)no1. The van der Waals surface area contributed by atoms with Crippen LogP contribution in [-0.4, -0.2) is 23.7 Å². The average Bonchev–Trinajstić information content (AvgIpc) is 2.84. The molecule has 0 bridgehead atoms. The Morgan fingerprint density at radius 3 is 2.53 bits per heavy atom. The van der Waals surface area contributed by atoms with Crippen molar-refractivity contribution in [2.75, 3.05) is 13.6 Å². The highest BCUT2D eigenvalue weighted by atomic mass is 19.2. The second-order valence-corrected chi connectivity index (χ2v) is 3.97. The lowest BCUT2D eigenvalue weighted by Crippen LogP contribution is -2.08. The molecule has 1 N–H and O–H groups in total. The monoisotopic (exact) mass is 271 g/mol. The Kier molecular flexibility index (Phi) is 4.16. The highest BCUT2D eigenvalue weighted by Gasteiger charge is 2.15. The van der Waals surface area contributed by atoms with Crippen molar-refractivity contribution >= 4 is 0 Å². The van der Waals surface area contributed by atoms with E-state index in [9.17, 15) is 13.2 Å². The van der Waals surface area contributed by atoms with E-state index in [4.69, 9.17) is 4.52 Å². The quantitative estimate of drug-likeness (QED) is 0.669. The van der Waals surface area contributed by atoms with Crippen LogP contribution in [0.15, 0.2) is 16.7 Å². The van der Waals surface area contributed by atoms with Crippen molar-refractivity contribution in [3.8, 4) is 11.4 Å². The number of hydrogen-bond donors (Lipinski definition) is 1. The maximum atomic E-state index is 13.1. The Labute approximate surface area is 107 Å². The van der Waals surface area contributed by atoms with Crippen LogP contribution >= 0.6 is 0 Å². The predicted molar refractivity (Wildman–Crippen MR) is 61.9 cm³/mol. The summed E-state index contributed by atoms with van der Waals surface area (Å²) in [5.41, 5.74) is 0.0417. The molecular weight excluding hydrogens is 259 g/mol. The van der Waals surface area contributed by atoms with Gasteiger partial charge in [-0.1, -0.05) is 5.16 Å². The molecule has 0 aliphatic rings. The molecule has 0 saturated carbocycles. The number of aromatic nitrogens is 2. The molecule has 0 radical (unpaired) electrons. The highest BCUT2D eigenvalue weighted by Crippen LogP contribution is 2.21. The normalized spacial score (nSPS) is 10.9. The minimum absolute atomic E-state index is 0.0391. The molecule has 0 spiro atoms. The average molecular weight is 271 g/mol. The van der Waals surface area contributed by atoms with E-state index in [1.54, 1.807) is 0 Å². The summed E-state index contributed by atoms with van der Waals surface area (Å²) in [5.74, 6) is -3.66. The number of halogens is 3. The van der Waals surface area contributed by atoms with Crippen LogP contribution in [0.4, 0.5) is 13.2 Å². The summed E-state index contributed by atoms with van der Waals surface area (Å²) >= 11 is 0. The largest absolute Gasteiger partial charge is 0.339 e. The molecule has 0 aliphatic heterocycles. The Morgan fingerprint density at radius 2 is 1.89 bits per heavy atom. The zero-order valence-corrected chi connectivity index (χ0v) is 10.2. The van der Waals surface area contributed by atoms with Crippen molar-refractivity contribution in [2.45, 2.75) is 12.8 Å². The van der Waals surface area contributed by atoms with E-state index in [0.717, 1.165) is 25.1 Å². The van der Waals surface area contributed by atoms with Gasteiger partial charge in [-0.15, -0.1) is 0 Å². The standard InChI is InChI=1S/C12H12F3N3O/c1-16-4-2-3-10-17-12(18-19-10)7-5-8(13)11(15)9(14)6-7/h5-6,16H,2-4H2,1H3. The molecule has 102 valence electrons. The molecule has 7 heteroatoms. The lowest BCUT2D eigenvalue weighted by atomic mass is 10.2. The van der Waals surface area contributed by atoms with Gasteiger partial charge in [-0.25, -0.2) is 13.2 Å². The molecule has 0 saturated heterocycles. The number of hydrogen-bond acceptors (Lipinski definition) is 4. The molecule has 19 heavy (non-hydrogen) atoms. The van der Waals surface area contributed by atoms with Crippen LogP contribution in [-0.2, 0) is 6.42 Å². The summed E-state index contributed by atoms with van der Waals surface area (Å²) in [7, 11) is 1.82. The topological polar surface area (TPSA) is 51.0 Å². The maximum absolute atomic E-state index is 13.1. The summed E-state index contributed by atoms with van der Waals surface area (Å²) in [6, 6.07) is 1.67. The zero-order valence-electron chi connectivity index (χ0n) is 10.2. The molecule has 0 fully saturated rings. The molecule has 1 heterocycles. The first-order valence-corrected chi connectivity index (χ1v) is 5.74. The third-order valence-corrected chi connectivity index (χ3v) is 2.53. The van der Waals surface area contributed by atoms with Gasteiger partial charge in [0.25, 0.3) is 0 Å². The second kappa shape index (κ2) is 5.83. The molecule has 1 aromatic carbocycles. The fourth-order valence-electron chi connectivity index (χ4n) is 1.57. The maximum Gasteiger partial charge on any atom is 0.227 e. The van der Waals surface area contributed by atoms with Gasteiger partial charge >= 0.3 is 0 Å². The lowest BCUT2D eigenvalue weighted by Gasteiger charge is -1.98. The van der Waals surface area contributed by atoms with Gasteiger partial charge in [-0.3, -0.25) is 0 Å². The van der Waals surface area contributed by atoms with Gasteiger partial charge in [-0.2, -0.15) is 4.98 Å². The molecule has 4 nitrogen and oxygen atoms in total. The van der Waals surface area contributed by atoms with Crippen LogP contribution in [0.3, 0.4) is 0 Å². The number of aryl methyl sites for hydroxylation is 1. The fraction of sp³-hybridized carbons (Fsp3) is 0.333. The van der Waals surface area contributed by atoms with Crippen LogP contribution < -0.4 is 5.32 Å². The van der Waals surface area contributed by atoms with E-state index in [-0.39, 0.29) is 11.4 Å². The Balaban J connectivity index is 2.18. The minimum Gasteiger partial charge on any atom is -0.339 e. The Hall–Kier alpha value is -1.89. The highest BCUT2D eigenvalue weighted by molar-refractivity contribution is 5.54. The number of benzene rings is 1. The van der Waals surface area contributed by atoms with E-state index in [2.05, 4.69) is 15.5 Å². The second-order valence-electron chi connectivity index (χ2n) is 3.97. The van der Waals surface area contributed by atoms with Crippen LogP contribution in [0.25, 0.3) is 11.4 Å². The van der Waals surface area contributed by atoms with Crippen LogP contribution in [0.5, 0.6) is 0 Å². The van der Waals surface area contributed by atoms with Crippen molar-refractivity contribution in [3.63, 3.8) is 0 Å². The van der Waals surface area contributed by atoms with Crippen LogP contribution in [0.2, 0.25) is 0 Å². The fourth-order valence-corrected chi connectivity index (χ4v) is 1.57. The molecule has 0 atom stereocenters. The van der Waals surface area contributed by atoms with E-state index in [1.165, 1.54) is 0 Å². The van der Waals surface area contributed by atoms with Gasteiger partial charge in [0.1, 0.15) is 0 Å². The molecular formula is C12H12F3N3O. The summed E-state index contributed by atoms with van der Waals surface area (Å²) in [6.07, 6.45) is 1.35. The molecule has 0 unspecified atom stereocenters. The van der Waals surface area contributed by atoms with Gasteiger partial charge in [0.2, 0.25) is 11.7 Å². The van der Waals surface area contributed by atoms with Gasteiger partial charge in [0.05, 0.1) is 0 Å². The van der Waals surface area contributed by atoms with Crippen molar-refractivity contribution in [1.82, 2.24) is 15.5 Å². The summed E-state index contributed by atoms with van der Waals surface area (Å²) < 4.78 is 43.9. The summed E-state index contributed by atoms with van der Waals surface area (Å²) in [5, 5.41) is 6.58. The van der Waals surface area contributed by atoms with Gasteiger partial charge < -0.3 is 9.84 Å². The zero-order chi connectivity index (χ0) is 13.8. The number of rotatable bonds is 5. The van der Waals surface area contributed by atoms with Crippen molar-refractivity contribution < 1.29 is 17.7 Å². The van der Waals surface area contributed by atoms with Crippen molar-refractivity contribution in [1.29, 1.82) is 0 Å². The molecule has 2 rings (SSSR count). The van der Waals surface area contributed by atoms with Crippen molar-refractivity contribution in [2.24, 2.45) is 0 Å². The van der Waals surface area contributed by atoms with Crippen LogP contribution in [0, 0.1) is 17.5 Å². The van der Waals surface area contributed by atoms with Crippen molar-refractivity contribution in [3.05, 3.63) is 35.5 Å². The lowest BCUT2D eigenvalue weighted by molar-refractivity contribution is 0.375.